The molecular formula is C24H30Cl2N2O5. The first-order valence-electron chi connectivity index (χ1n) is 10.7. The van der Waals surface area contributed by atoms with Crippen LogP contribution in [0.25, 0.3) is 0 Å². The molecule has 0 radical (unpaired) electrons. The Morgan fingerprint density at radius 3 is 2.24 bits per heavy atom. The van der Waals surface area contributed by atoms with E-state index in [2.05, 4.69) is 5.32 Å². The average Bonchev–Trinajstić information content (AvgIpc) is 2.81. The van der Waals surface area contributed by atoms with Gasteiger partial charge in [-0.2, -0.15) is 0 Å². The van der Waals surface area contributed by atoms with E-state index in [-0.39, 0.29) is 25.0 Å². The van der Waals surface area contributed by atoms with E-state index in [1.54, 1.807) is 43.3 Å². The Kier molecular flexibility index (Phi) is 10.6. The van der Waals surface area contributed by atoms with Crippen LogP contribution < -0.4 is 19.5 Å². The number of carbonyl (C=O) groups is 2. The number of methoxy groups -OCH3 is 2. The van der Waals surface area contributed by atoms with Gasteiger partial charge in [-0.1, -0.05) is 42.6 Å². The maximum absolute atomic E-state index is 13.2. The third-order valence-corrected chi connectivity index (χ3v) is 5.63. The summed E-state index contributed by atoms with van der Waals surface area (Å²) in [5.74, 6) is 0.852. The summed E-state index contributed by atoms with van der Waals surface area (Å²) in [7, 11) is 3.06. The highest BCUT2D eigenvalue weighted by Gasteiger charge is 2.27. The maximum atomic E-state index is 13.2. The van der Waals surface area contributed by atoms with Gasteiger partial charge < -0.3 is 24.4 Å². The number of carbonyl (C=O) groups excluding carboxylic acids is 2. The van der Waals surface area contributed by atoms with Crippen molar-refractivity contribution in [1.29, 1.82) is 0 Å². The van der Waals surface area contributed by atoms with E-state index in [0.29, 0.717) is 39.4 Å². The summed E-state index contributed by atoms with van der Waals surface area (Å²) in [6.07, 6.45) is 1.81. The standard InChI is InChI=1S/C24H30Cl2N2O5/c1-5-6-9-27-24(30)16(2)28(14-17-7-8-18(25)10-22(17)26)23(29)15-33-21-12-19(31-3)11-20(13-21)32-4/h7-8,10-13,16H,5-6,9,14-15H2,1-4H3,(H,27,30)/t16-/m1/s1. The highest BCUT2D eigenvalue weighted by atomic mass is 35.5. The van der Waals surface area contributed by atoms with Gasteiger partial charge in [0.15, 0.2) is 6.61 Å². The quantitative estimate of drug-likeness (QED) is 0.430. The predicted octanol–water partition coefficient (Wildman–Crippen LogP) is 4.72. The zero-order chi connectivity index (χ0) is 24.4. The van der Waals surface area contributed by atoms with Crippen molar-refractivity contribution < 1.29 is 23.8 Å². The van der Waals surface area contributed by atoms with Crippen LogP contribution in [-0.4, -0.2) is 50.1 Å². The number of amides is 2. The molecule has 1 atom stereocenters. The van der Waals surface area contributed by atoms with Gasteiger partial charge in [-0.25, -0.2) is 0 Å². The Morgan fingerprint density at radius 2 is 1.67 bits per heavy atom. The second-order valence-corrected chi connectivity index (χ2v) is 8.26. The zero-order valence-corrected chi connectivity index (χ0v) is 20.8. The van der Waals surface area contributed by atoms with Crippen molar-refractivity contribution in [2.75, 3.05) is 27.4 Å². The van der Waals surface area contributed by atoms with Crippen LogP contribution in [0, 0.1) is 0 Å². The average molecular weight is 497 g/mol. The molecule has 2 rings (SSSR count). The van der Waals surface area contributed by atoms with E-state index in [1.165, 1.54) is 19.1 Å². The lowest BCUT2D eigenvalue weighted by molar-refractivity contribution is -0.142. The monoisotopic (exact) mass is 496 g/mol. The van der Waals surface area contributed by atoms with Crippen molar-refractivity contribution in [2.45, 2.75) is 39.3 Å². The number of ether oxygens (including phenoxy) is 3. The highest BCUT2D eigenvalue weighted by Crippen LogP contribution is 2.28. The van der Waals surface area contributed by atoms with Gasteiger partial charge in [-0.3, -0.25) is 9.59 Å². The van der Waals surface area contributed by atoms with Crippen LogP contribution in [-0.2, 0) is 16.1 Å². The molecule has 2 aromatic carbocycles. The summed E-state index contributed by atoms with van der Waals surface area (Å²) in [5.41, 5.74) is 0.672. The van der Waals surface area contributed by atoms with Crippen LogP contribution in [0.5, 0.6) is 17.2 Å². The zero-order valence-electron chi connectivity index (χ0n) is 19.3. The molecule has 9 heteroatoms. The number of unbranched alkanes of at least 4 members (excludes halogenated alkanes) is 1. The second kappa shape index (κ2) is 13.2. The molecule has 0 saturated heterocycles. The highest BCUT2D eigenvalue weighted by molar-refractivity contribution is 6.35. The van der Waals surface area contributed by atoms with Crippen LogP contribution >= 0.6 is 23.2 Å². The van der Waals surface area contributed by atoms with Crippen molar-refractivity contribution in [1.82, 2.24) is 10.2 Å². The van der Waals surface area contributed by atoms with Crippen LogP contribution in [0.2, 0.25) is 10.0 Å². The SMILES string of the molecule is CCCCNC(=O)[C@@H](C)N(Cc1ccc(Cl)cc1Cl)C(=O)COc1cc(OC)cc(OC)c1. The van der Waals surface area contributed by atoms with Crippen molar-refractivity contribution in [2.24, 2.45) is 0 Å². The van der Waals surface area contributed by atoms with Crippen LogP contribution in [0.4, 0.5) is 0 Å². The van der Waals surface area contributed by atoms with Gasteiger partial charge in [0.2, 0.25) is 5.91 Å². The number of nitrogens with one attached hydrogen (secondary N) is 1. The minimum absolute atomic E-state index is 0.127. The molecule has 2 amide bonds. The van der Waals surface area contributed by atoms with Crippen molar-refractivity contribution >= 4 is 35.0 Å². The molecule has 0 aliphatic carbocycles. The first-order chi connectivity index (χ1) is 15.8. The van der Waals surface area contributed by atoms with Gasteiger partial charge in [0.05, 0.1) is 14.2 Å². The first-order valence-corrected chi connectivity index (χ1v) is 11.4. The molecule has 1 N–H and O–H groups in total. The van der Waals surface area contributed by atoms with E-state index < -0.39 is 6.04 Å². The minimum Gasteiger partial charge on any atom is -0.496 e. The molecule has 2 aromatic rings. The minimum atomic E-state index is -0.732. The molecule has 0 aliphatic rings. The molecule has 0 aromatic heterocycles. The second-order valence-electron chi connectivity index (χ2n) is 7.41. The number of hydrogen-bond donors (Lipinski definition) is 1. The third-order valence-electron chi connectivity index (χ3n) is 5.04. The molecule has 0 aliphatic heterocycles. The van der Waals surface area contributed by atoms with Gasteiger partial charge in [0.1, 0.15) is 23.3 Å². The molecule has 7 nitrogen and oxygen atoms in total. The smallest absolute Gasteiger partial charge is 0.261 e. The lowest BCUT2D eigenvalue weighted by atomic mass is 10.1. The van der Waals surface area contributed by atoms with Gasteiger partial charge in [-0.05, 0) is 31.0 Å². The number of benzene rings is 2. The maximum Gasteiger partial charge on any atom is 0.261 e. The normalized spacial score (nSPS) is 11.5. The Bertz CT molecular complexity index is 932. The summed E-state index contributed by atoms with van der Waals surface area (Å²) in [5, 5.41) is 3.77. The largest absolute Gasteiger partial charge is 0.496 e. The number of halogens is 2. The van der Waals surface area contributed by atoms with Gasteiger partial charge in [-0.15, -0.1) is 0 Å². The Balaban J connectivity index is 2.20. The third kappa shape index (κ3) is 8.02. The van der Waals surface area contributed by atoms with E-state index in [0.717, 1.165) is 12.8 Å². The van der Waals surface area contributed by atoms with Crippen molar-refractivity contribution in [3.63, 3.8) is 0 Å². The van der Waals surface area contributed by atoms with E-state index >= 15 is 0 Å². The summed E-state index contributed by atoms with van der Waals surface area (Å²) in [4.78, 5) is 27.3. The molecule has 0 heterocycles. The lowest BCUT2D eigenvalue weighted by Gasteiger charge is -2.29. The predicted molar refractivity (Wildman–Crippen MR) is 129 cm³/mol. The van der Waals surface area contributed by atoms with Crippen LogP contribution in [0.1, 0.15) is 32.3 Å². The summed E-state index contributed by atoms with van der Waals surface area (Å²) < 4.78 is 16.2. The van der Waals surface area contributed by atoms with Crippen LogP contribution in [0.3, 0.4) is 0 Å². The van der Waals surface area contributed by atoms with Gasteiger partial charge in [0, 0.05) is 41.3 Å². The van der Waals surface area contributed by atoms with Gasteiger partial charge in [0.25, 0.3) is 5.91 Å². The fourth-order valence-electron chi connectivity index (χ4n) is 3.04. The molecule has 0 unspecified atom stereocenters. The summed E-state index contributed by atoms with van der Waals surface area (Å²) in [6, 6.07) is 9.30. The Labute approximate surface area is 204 Å². The fraction of sp³-hybridized carbons (Fsp3) is 0.417. The molecular weight excluding hydrogens is 467 g/mol. The molecule has 33 heavy (non-hydrogen) atoms. The molecule has 180 valence electrons. The van der Waals surface area contributed by atoms with E-state index in [1.807, 2.05) is 6.92 Å². The molecule has 0 saturated carbocycles. The Hall–Kier alpha value is -2.64. The lowest BCUT2D eigenvalue weighted by Crippen LogP contribution is -2.49. The number of hydrogen-bond acceptors (Lipinski definition) is 5. The van der Waals surface area contributed by atoms with Crippen molar-refractivity contribution in [3.05, 3.63) is 52.0 Å². The van der Waals surface area contributed by atoms with E-state index in [4.69, 9.17) is 37.4 Å². The first kappa shape index (κ1) is 26.6. The molecule has 0 spiro atoms. The molecule has 0 bridgehead atoms. The summed E-state index contributed by atoms with van der Waals surface area (Å²) in [6.45, 7) is 4.11. The number of rotatable bonds is 12. The number of nitrogens with zero attached hydrogens (tertiary/aromatic N) is 1. The van der Waals surface area contributed by atoms with Crippen LogP contribution in [0.15, 0.2) is 36.4 Å². The topological polar surface area (TPSA) is 77.1 Å². The van der Waals surface area contributed by atoms with Gasteiger partial charge >= 0.3 is 0 Å². The fourth-order valence-corrected chi connectivity index (χ4v) is 3.51. The Morgan fingerprint density at radius 1 is 1.03 bits per heavy atom. The molecule has 0 fully saturated rings. The van der Waals surface area contributed by atoms with Crippen molar-refractivity contribution in [3.8, 4) is 17.2 Å². The summed E-state index contributed by atoms with van der Waals surface area (Å²) >= 11 is 12.3. The van der Waals surface area contributed by atoms with E-state index in [9.17, 15) is 9.59 Å².